The van der Waals surface area contributed by atoms with Gasteiger partial charge in [-0.25, -0.2) is 0 Å². The second-order valence-corrected chi connectivity index (χ2v) is 5.10. The van der Waals surface area contributed by atoms with Gasteiger partial charge in [0.1, 0.15) is 5.75 Å². The summed E-state index contributed by atoms with van der Waals surface area (Å²) < 4.78 is 10.6. The first-order valence-corrected chi connectivity index (χ1v) is 7.17. The lowest BCUT2D eigenvalue weighted by Gasteiger charge is -2.17. The van der Waals surface area contributed by atoms with Crippen molar-refractivity contribution in [2.45, 2.75) is 39.4 Å². The lowest BCUT2D eigenvalue weighted by Crippen LogP contribution is -2.37. The van der Waals surface area contributed by atoms with E-state index in [2.05, 4.69) is 5.32 Å². The number of rotatable bonds is 8. The summed E-state index contributed by atoms with van der Waals surface area (Å²) in [6, 6.07) is 5.45. The highest BCUT2D eigenvalue weighted by Crippen LogP contribution is 2.23. The normalized spacial score (nSPS) is 13.6. The van der Waals surface area contributed by atoms with Crippen LogP contribution in [0.4, 0.5) is 0 Å². The summed E-state index contributed by atoms with van der Waals surface area (Å²) in [6.45, 7) is 6.51. The first-order valence-electron chi connectivity index (χ1n) is 7.17. The van der Waals surface area contributed by atoms with E-state index >= 15 is 0 Å². The van der Waals surface area contributed by atoms with Crippen molar-refractivity contribution in [2.75, 3.05) is 20.3 Å². The highest BCUT2D eigenvalue weighted by molar-refractivity contribution is 5.80. The number of aliphatic hydroxyl groups excluding tert-OH is 1. The molecule has 0 saturated carbocycles. The van der Waals surface area contributed by atoms with Gasteiger partial charge in [-0.3, -0.25) is 4.79 Å². The topological polar surface area (TPSA) is 67.8 Å². The van der Waals surface area contributed by atoms with Crippen molar-refractivity contribution in [3.63, 3.8) is 0 Å². The molecule has 0 aromatic heterocycles. The van der Waals surface area contributed by atoms with E-state index in [1.165, 1.54) is 0 Å². The molecule has 5 nitrogen and oxygen atoms in total. The molecule has 1 amide bonds. The van der Waals surface area contributed by atoms with Gasteiger partial charge in [-0.15, -0.1) is 0 Å². The highest BCUT2D eigenvalue weighted by atomic mass is 16.5. The molecule has 1 aromatic rings. The zero-order valence-corrected chi connectivity index (χ0v) is 13.2. The predicted octanol–water partition coefficient (Wildman–Crippen LogP) is 1.97. The maximum absolute atomic E-state index is 11.9. The maximum Gasteiger partial charge on any atom is 0.260 e. The minimum absolute atomic E-state index is 0.148. The van der Waals surface area contributed by atoms with Crippen LogP contribution in [0.2, 0.25) is 0 Å². The first-order chi connectivity index (χ1) is 9.95. The Balaban J connectivity index is 2.54. The van der Waals surface area contributed by atoms with Gasteiger partial charge >= 0.3 is 0 Å². The van der Waals surface area contributed by atoms with Gasteiger partial charge in [-0.2, -0.15) is 0 Å². The van der Waals surface area contributed by atoms with Crippen LogP contribution in [0.25, 0.3) is 0 Å². The van der Waals surface area contributed by atoms with Gasteiger partial charge in [0, 0.05) is 20.3 Å². The molecule has 21 heavy (non-hydrogen) atoms. The van der Waals surface area contributed by atoms with Gasteiger partial charge in [0.25, 0.3) is 5.91 Å². The molecule has 5 heteroatoms. The van der Waals surface area contributed by atoms with Gasteiger partial charge in [-0.05, 0) is 50.5 Å². The van der Waals surface area contributed by atoms with Gasteiger partial charge in [0.2, 0.25) is 0 Å². The summed E-state index contributed by atoms with van der Waals surface area (Å²) in [5.41, 5.74) is 1.73. The van der Waals surface area contributed by atoms with E-state index in [9.17, 15) is 9.90 Å². The summed E-state index contributed by atoms with van der Waals surface area (Å²) in [6.07, 6.45) is -0.306. The molecular formula is C16H25NO4. The average molecular weight is 295 g/mol. The lowest BCUT2D eigenvalue weighted by molar-refractivity contribution is -0.127. The van der Waals surface area contributed by atoms with Crippen molar-refractivity contribution >= 4 is 5.91 Å². The second-order valence-electron chi connectivity index (χ2n) is 5.10. The smallest absolute Gasteiger partial charge is 0.260 e. The number of carbonyl (C=O) groups excluding carboxylic acids is 1. The predicted molar refractivity (Wildman–Crippen MR) is 81.4 cm³/mol. The molecule has 0 aliphatic heterocycles. The summed E-state index contributed by atoms with van der Waals surface area (Å²) in [7, 11) is 1.63. The number of aryl methyl sites for hydroxylation is 1. The van der Waals surface area contributed by atoms with Crippen LogP contribution in [0.1, 0.15) is 37.5 Å². The number of nitrogens with one attached hydrogen (secondary N) is 1. The van der Waals surface area contributed by atoms with Crippen molar-refractivity contribution < 1.29 is 19.4 Å². The minimum atomic E-state index is -0.566. The third-order valence-corrected chi connectivity index (χ3v) is 3.18. The third kappa shape index (κ3) is 5.73. The van der Waals surface area contributed by atoms with Crippen LogP contribution >= 0.6 is 0 Å². The van der Waals surface area contributed by atoms with Gasteiger partial charge < -0.3 is 19.9 Å². The molecule has 0 radical (unpaired) electrons. The van der Waals surface area contributed by atoms with Gasteiger partial charge in [-0.1, -0.05) is 6.07 Å². The van der Waals surface area contributed by atoms with Crippen molar-refractivity contribution in [1.82, 2.24) is 5.32 Å². The number of ether oxygens (including phenoxy) is 2. The van der Waals surface area contributed by atoms with Gasteiger partial charge in [0.05, 0.1) is 6.10 Å². The van der Waals surface area contributed by atoms with Crippen molar-refractivity contribution in [3.8, 4) is 5.75 Å². The van der Waals surface area contributed by atoms with E-state index in [1.54, 1.807) is 33.1 Å². The fourth-order valence-corrected chi connectivity index (χ4v) is 1.88. The summed E-state index contributed by atoms with van der Waals surface area (Å²) >= 11 is 0. The summed E-state index contributed by atoms with van der Waals surface area (Å²) in [4.78, 5) is 11.9. The Morgan fingerprint density at radius 2 is 2.10 bits per heavy atom. The Bertz CT molecular complexity index is 460. The van der Waals surface area contributed by atoms with Crippen LogP contribution in [0.3, 0.4) is 0 Å². The fourth-order valence-electron chi connectivity index (χ4n) is 1.88. The van der Waals surface area contributed by atoms with Crippen molar-refractivity contribution in [3.05, 3.63) is 29.3 Å². The number of amides is 1. The van der Waals surface area contributed by atoms with E-state index in [0.29, 0.717) is 18.9 Å². The van der Waals surface area contributed by atoms with E-state index in [4.69, 9.17) is 9.47 Å². The molecule has 1 rings (SSSR count). The monoisotopic (exact) mass is 295 g/mol. The molecule has 0 heterocycles. The zero-order valence-electron chi connectivity index (χ0n) is 13.2. The highest BCUT2D eigenvalue weighted by Gasteiger charge is 2.15. The van der Waals surface area contributed by atoms with Crippen LogP contribution in [0, 0.1) is 6.92 Å². The average Bonchev–Trinajstić information content (AvgIpc) is 2.45. The quantitative estimate of drug-likeness (QED) is 0.720. The van der Waals surface area contributed by atoms with Crippen molar-refractivity contribution in [1.29, 1.82) is 0 Å². The Labute approximate surface area is 126 Å². The maximum atomic E-state index is 11.9. The van der Waals surface area contributed by atoms with Gasteiger partial charge in [0.15, 0.2) is 6.10 Å². The molecule has 2 atom stereocenters. The molecular weight excluding hydrogens is 270 g/mol. The van der Waals surface area contributed by atoms with Crippen LogP contribution in [0.15, 0.2) is 18.2 Å². The standard InChI is InChI=1S/C16H25NO4/c1-11-10-14(12(2)18)6-7-15(11)21-13(3)16(19)17-8-5-9-20-4/h6-7,10,12-13,18H,5,8-9H2,1-4H3,(H,17,19)/t12-,13?/m0/s1. The number of aliphatic hydroxyl groups is 1. The molecule has 1 unspecified atom stereocenters. The SMILES string of the molecule is COCCCNC(=O)C(C)Oc1ccc([C@H](C)O)cc1C. The number of benzene rings is 1. The number of methoxy groups -OCH3 is 1. The Morgan fingerprint density at radius 1 is 1.38 bits per heavy atom. The minimum Gasteiger partial charge on any atom is -0.481 e. The fraction of sp³-hybridized carbons (Fsp3) is 0.562. The molecule has 0 aliphatic rings. The first kappa shape index (κ1) is 17.5. The van der Waals surface area contributed by atoms with Crippen LogP contribution < -0.4 is 10.1 Å². The van der Waals surface area contributed by atoms with Crippen LogP contribution in [0.5, 0.6) is 5.75 Å². The number of carbonyl (C=O) groups is 1. The Kier molecular flexibility index (Phi) is 7.19. The largest absolute Gasteiger partial charge is 0.481 e. The zero-order chi connectivity index (χ0) is 15.8. The van der Waals surface area contributed by atoms with E-state index < -0.39 is 12.2 Å². The van der Waals surface area contributed by atoms with E-state index in [0.717, 1.165) is 17.5 Å². The van der Waals surface area contributed by atoms with E-state index in [1.807, 2.05) is 13.0 Å². The number of hydrogen-bond acceptors (Lipinski definition) is 4. The van der Waals surface area contributed by atoms with E-state index in [-0.39, 0.29) is 5.91 Å². The molecule has 0 spiro atoms. The van der Waals surface area contributed by atoms with Crippen LogP contribution in [-0.4, -0.2) is 37.4 Å². The molecule has 2 N–H and O–H groups in total. The Morgan fingerprint density at radius 3 is 2.67 bits per heavy atom. The Hall–Kier alpha value is -1.59. The third-order valence-electron chi connectivity index (χ3n) is 3.18. The summed E-state index contributed by atoms with van der Waals surface area (Å²) in [5, 5.41) is 12.3. The molecule has 0 fully saturated rings. The molecule has 1 aromatic carbocycles. The van der Waals surface area contributed by atoms with Crippen molar-refractivity contribution in [2.24, 2.45) is 0 Å². The molecule has 0 bridgehead atoms. The molecule has 0 aliphatic carbocycles. The van der Waals surface area contributed by atoms with Crippen LogP contribution in [-0.2, 0) is 9.53 Å². The second kappa shape index (κ2) is 8.64. The molecule has 118 valence electrons. The lowest BCUT2D eigenvalue weighted by atomic mass is 10.1. The summed E-state index contributed by atoms with van der Waals surface area (Å²) in [5.74, 6) is 0.504. The number of hydrogen-bond donors (Lipinski definition) is 2. The molecule has 0 saturated heterocycles.